The largest absolute Gasteiger partial charge is 0.310 e. The topological polar surface area (TPSA) is 3.24 Å². The lowest BCUT2D eigenvalue weighted by Gasteiger charge is -2.28. The molecular weight excluding hydrogens is 719 g/mol. The van der Waals surface area contributed by atoms with E-state index in [1.54, 1.807) is 0 Å². The van der Waals surface area contributed by atoms with Crippen LogP contribution in [0.1, 0.15) is 0 Å². The Labute approximate surface area is 342 Å². The summed E-state index contributed by atoms with van der Waals surface area (Å²) in [5.41, 5.74) is 13.0. The number of anilines is 3. The fourth-order valence-corrected chi connectivity index (χ4v) is 9.68. The number of para-hydroxylation sites is 1. The van der Waals surface area contributed by atoms with E-state index in [1.807, 2.05) is 11.3 Å². The number of nitrogens with zero attached hydrogens (tertiary/aromatic N) is 1. The van der Waals surface area contributed by atoms with Crippen molar-refractivity contribution in [2.75, 3.05) is 4.90 Å². The van der Waals surface area contributed by atoms with Gasteiger partial charge in [-0.2, -0.15) is 0 Å². The van der Waals surface area contributed by atoms with Crippen LogP contribution in [0.4, 0.5) is 17.1 Å². The van der Waals surface area contributed by atoms with Gasteiger partial charge in [0.15, 0.2) is 0 Å². The van der Waals surface area contributed by atoms with Crippen molar-refractivity contribution >= 4 is 70.1 Å². The number of thiophene rings is 1. The predicted octanol–water partition coefficient (Wildman–Crippen LogP) is 16.5. The molecule has 1 nitrogen and oxygen atoms in total. The van der Waals surface area contributed by atoms with E-state index in [1.165, 1.54) is 86.2 Å². The molecule has 0 saturated heterocycles. The van der Waals surface area contributed by atoms with E-state index in [2.05, 4.69) is 229 Å². The van der Waals surface area contributed by atoms with E-state index < -0.39 is 0 Å². The van der Waals surface area contributed by atoms with Crippen molar-refractivity contribution in [1.29, 1.82) is 0 Å². The molecule has 0 aliphatic carbocycles. The first-order valence-electron chi connectivity index (χ1n) is 19.8. The summed E-state index contributed by atoms with van der Waals surface area (Å²) in [6, 6.07) is 82.0. The molecule has 272 valence electrons. The van der Waals surface area contributed by atoms with Gasteiger partial charge in [0.05, 0.1) is 5.69 Å². The molecule has 0 N–H and O–H groups in total. The Hall–Kier alpha value is -7.26. The maximum atomic E-state index is 2.41. The first-order chi connectivity index (χ1) is 28.7. The van der Waals surface area contributed by atoms with Gasteiger partial charge < -0.3 is 4.90 Å². The van der Waals surface area contributed by atoms with Crippen LogP contribution in [0.2, 0.25) is 0 Å². The highest BCUT2D eigenvalue weighted by atomic mass is 32.1. The van der Waals surface area contributed by atoms with E-state index in [-0.39, 0.29) is 0 Å². The lowest BCUT2D eigenvalue weighted by molar-refractivity contribution is 1.28. The minimum atomic E-state index is 1.10. The summed E-state index contributed by atoms with van der Waals surface area (Å²) >= 11 is 1.86. The SMILES string of the molecule is c1cc(-c2ccc(N(c3ccc(-c4cccc5sc6ccccc6c45)cc3)c3ccccc3-c3ccc4ccccc4c3)cc2)cc(-c2ccc3ccccc3c2)c1. The summed E-state index contributed by atoms with van der Waals surface area (Å²) in [5.74, 6) is 0. The molecule has 0 aliphatic heterocycles. The van der Waals surface area contributed by atoms with Gasteiger partial charge in [-0.05, 0) is 121 Å². The maximum Gasteiger partial charge on any atom is 0.0540 e. The summed E-state index contributed by atoms with van der Waals surface area (Å²) in [5, 5.41) is 7.63. The molecule has 11 rings (SSSR count). The second-order valence-corrected chi connectivity index (χ2v) is 16.0. The van der Waals surface area contributed by atoms with Crippen LogP contribution in [-0.4, -0.2) is 0 Å². The first-order valence-corrected chi connectivity index (χ1v) is 20.6. The fourth-order valence-electron chi connectivity index (χ4n) is 8.55. The lowest BCUT2D eigenvalue weighted by atomic mass is 9.96. The van der Waals surface area contributed by atoms with Gasteiger partial charge >= 0.3 is 0 Å². The number of rotatable bonds is 7. The zero-order chi connectivity index (χ0) is 38.4. The molecule has 11 aromatic rings. The predicted molar refractivity (Wildman–Crippen MR) is 251 cm³/mol. The van der Waals surface area contributed by atoms with Gasteiger partial charge in [0.1, 0.15) is 0 Å². The average molecular weight is 756 g/mol. The zero-order valence-electron chi connectivity index (χ0n) is 31.7. The van der Waals surface area contributed by atoms with Crippen LogP contribution >= 0.6 is 11.3 Å². The van der Waals surface area contributed by atoms with Crippen molar-refractivity contribution in [1.82, 2.24) is 0 Å². The van der Waals surface area contributed by atoms with E-state index in [0.29, 0.717) is 0 Å². The van der Waals surface area contributed by atoms with Gasteiger partial charge in [-0.3, -0.25) is 0 Å². The Morgan fingerprint density at radius 2 is 0.793 bits per heavy atom. The van der Waals surface area contributed by atoms with Gasteiger partial charge in [-0.25, -0.2) is 0 Å². The quantitative estimate of drug-likeness (QED) is 0.157. The summed E-state index contributed by atoms with van der Waals surface area (Å²) < 4.78 is 2.64. The Balaban J connectivity index is 1.01. The molecule has 1 heterocycles. The number of hydrogen-bond acceptors (Lipinski definition) is 2. The standard InChI is InChI=1S/C56H37NS/c1-3-13-42-36-46(25-23-38(42)11-1)45-16-9-15-44(35-45)40-27-31-48(32-28-40)57(53-20-7-5-17-50(53)47-26-24-39-12-2-4-14-43(39)37-47)49-33-29-41(30-34-49)51-19-10-22-55-56(51)52-18-6-8-21-54(52)58-55/h1-37H. The molecule has 10 aromatic carbocycles. The molecule has 0 radical (unpaired) electrons. The van der Waals surface area contributed by atoms with Crippen molar-refractivity contribution in [3.8, 4) is 44.5 Å². The van der Waals surface area contributed by atoms with E-state index in [9.17, 15) is 0 Å². The van der Waals surface area contributed by atoms with Gasteiger partial charge in [-0.1, -0.05) is 164 Å². The molecule has 58 heavy (non-hydrogen) atoms. The summed E-state index contributed by atoms with van der Waals surface area (Å²) in [7, 11) is 0. The maximum absolute atomic E-state index is 2.41. The Bertz CT molecular complexity index is 3280. The summed E-state index contributed by atoms with van der Waals surface area (Å²) in [6.07, 6.45) is 0. The molecule has 0 fully saturated rings. The molecule has 1 aromatic heterocycles. The minimum absolute atomic E-state index is 1.10. The average Bonchev–Trinajstić information content (AvgIpc) is 3.69. The van der Waals surface area contributed by atoms with Crippen LogP contribution in [0.5, 0.6) is 0 Å². The Kier molecular flexibility index (Phi) is 8.42. The number of fused-ring (bicyclic) bond motifs is 5. The van der Waals surface area contributed by atoms with Crippen LogP contribution in [0, 0.1) is 0 Å². The van der Waals surface area contributed by atoms with Crippen molar-refractivity contribution in [3.05, 3.63) is 224 Å². The van der Waals surface area contributed by atoms with Gasteiger partial charge in [-0.15, -0.1) is 11.3 Å². The highest BCUT2D eigenvalue weighted by Crippen LogP contribution is 2.44. The van der Waals surface area contributed by atoms with E-state index in [0.717, 1.165) is 17.1 Å². The molecule has 0 spiro atoms. The van der Waals surface area contributed by atoms with E-state index >= 15 is 0 Å². The monoisotopic (exact) mass is 755 g/mol. The third-order valence-corrected chi connectivity index (χ3v) is 12.6. The van der Waals surface area contributed by atoms with Crippen LogP contribution in [0.3, 0.4) is 0 Å². The van der Waals surface area contributed by atoms with Gasteiger partial charge in [0.25, 0.3) is 0 Å². The smallest absolute Gasteiger partial charge is 0.0540 e. The lowest BCUT2D eigenvalue weighted by Crippen LogP contribution is -2.11. The van der Waals surface area contributed by atoms with Crippen LogP contribution < -0.4 is 4.90 Å². The van der Waals surface area contributed by atoms with Crippen molar-refractivity contribution in [3.63, 3.8) is 0 Å². The molecule has 0 saturated carbocycles. The molecule has 0 atom stereocenters. The third kappa shape index (κ3) is 6.12. The molecule has 0 bridgehead atoms. The molecule has 2 heteroatoms. The summed E-state index contributed by atoms with van der Waals surface area (Å²) in [6.45, 7) is 0. The highest BCUT2D eigenvalue weighted by molar-refractivity contribution is 7.25. The Morgan fingerprint density at radius 3 is 1.53 bits per heavy atom. The van der Waals surface area contributed by atoms with Gasteiger partial charge in [0.2, 0.25) is 0 Å². The molecule has 0 unspecified atom stereocenters. The summed E-state index contributed by atoms with van der Waals surface area (Å²) in [4.78, 5) is 2.41. The number of hydrogen-bond donors (Lipinski definition) is 0. The van der Waals surface area contributed by atoms with Crippen LogP contribution in [0.25, 0.3) is 86.2 Å². The highest BCUT2D eigenvalue weighted by Gasteiger charge is 2.19. The zero-order valence-corrected chi connectivity index (χ0v) is 32.5. The molecule has 0 aliphatic rings. The second-order valence-electron chi connectivity index (χ2n) is 14.9. The van der Waals surface area contributed by atoms with Crippen molar-refractivity contribution in [2.45, 2.75) is 0 Å². The second kappa shape index (κ2) is 14.4. The van der Waals surface area contributed by atoms with Crippen molar-refractivity contribution < 1.29 is 0 Å². The fraction of sp³-hybridized carbons (Fsp3) is 0. The minimum Gasteiger partial charge on any atom is -0.310 e. The van der Waals surface area contributed by atoms with Crippen LogP contribution in [-0.2, 0) is 0 Å². The van der Waals surface area contributed by atoms with Crippen molar-refractivity contribution in [2.24, 2.45) is 0 Å². The molecular formula is C56H37NS. The first kappa shape index (κ1) is 34.0. The number of benzene rings is 10. The Morgan fingerprint density at radius 1 is 0.293 bits per heavy atom. The van der Waals surface area contributed by atoms with Gasteiger partial charge in [0, 0.05) is 37.1 Å². The van der Waals surface area contributed by atoms with E-state index in [4.69, 9.17) is 0 Å². The third-order valence-electron chi connectivity index (χ3n) is 11.4. The molecule has 0 amide bonds. The normalized spacial score (nSPS) is 11.4. The van der Waals surface area contributed by atoms with Crippen LogP contribution in [0.15, 0.2) is 224 Å².